The molecule has 4 N–H and O–H groups in total. The summed E-state index contributed by atoms with van der Waals surface area (Å²) in [5, 5.41) is 42.3. The Morgan fingerprint density at radius 2 is 1.22 bits per heavy atom. The predicted molar refractivity (Wildman–Crippen MR) is 177 cm³/mol. The van der Waals surface area contributed by atoms with Crippen molar-refractivity contribution < 1.29 is 39.4 Å². The normalized spacial score (nSPS) is 27.8. The van der Waals surface area contributed by atoms with Gasteiger partial charge in [0.1, 0.15) is 6.10 Å². The van der Waals surface area contributed by atoms with Gasteiger partial charge in [-0.25, -0.2) is 4.79 Å². The van der Waals surface area contributed by atoms with E-state index in [1.54, 1.807) is 0 Å². The van der Waals surface area contributed by atoms with Crippen molar-refractivity contribution in [3.05, 3.63) is 11.6 Å². The van der Waals surface area contributed by atoms with E-state index >= 15 is 0 Å². The van der Waals surface area contributed by atoms with E-state index in [4.69, 9.17) is 14.2 Å². The average Bonchev–Trinajstić information content (AvgIpc) is 3.77. The number of aliphatic hydroxyl groups is 4. The molecule has 2 saturated heterocycles. The average molecular weight is 639 g/mol. The first-order valence-electron chi connectivity index (χ1n) is 18.7. The Kier molecular flexibility index (Phi) is 18.6. The fourth-order valence-corrected chi connectivity index (χ4v) is 7.28. The van der Waals surface area contributed by atoms with Crippen LogP contribution in [0, 0.1) is 0 Å². The predicted octanol–water partition coefficient (Wildman–Crippen LogP) is 6.83. The number of aliphatic hydroxyl groups excluding tert-OH is 4. The monoisotopic (exact) mass is 638 g/mol. The first-order valence-corrected chi connectivity index (χ1v) is 18.7. The number of rotatable bonds is 25. The summed E-state index contributed by atoms with van der Waals surface area (Å²) in [6, 6.07) is 0. The van der Waals surface area contributed by atoms with Crippen LogP contribution in [0.3, 0.4) is 0 Å². The van der Waals surface area contributed by atoms with Crippen LogP contribution in [0.5, 0.6) is 0 Å². The summed E-state index contributed by atoms with van der Waals surface area (Å²) < 4.78 is 17.4. The minimum Gasteiger partial charge on any atom is -0.455 e. The molecule has 8 nitrogen and oxygen atoms in total. The third-order valence-electron chi connectivity index (χ3n) is 10.2. The van der Waals surface area contributed by atoms with Crippen LogP contribution in [0.25, 0.3) is 0 Å². The second-order valence-electron chi connectivity index (χ2n) is 14.2. The SMILES string of the molecule is CCCCCC[C@H](O)CCC[C@@H](O)[C@@H]1CC[C@H]([C@H](O)CC[C@@H](O)[C@H]2CC[C@H](CCCCCCCCCC3=C[C@H](C)OC3=O)O2)O1. The molecule has 3 aliphatic rings. The Balaban J connectivity index is 1.16. The topological polar surface area (TPSA) is 126 Å². The van der Waals surface area contributed by atoms with Crippen molar-refractivity contribution in [1.29, 1.82) is 0 Å². The van der Waals surface area contributed by atoms with Crippen LogP contribution >= 0.6 is 0 Å². The number of unbranched alkanes of at least 4 members (excludes halogenated alkanes) is 9. The Morgan fingerprint density at radius 3 is 1.87 bits per heavy atom. The van der Waals surface area contributed by atoms with E-state index in [0.29, 0.717) is 25.7 Å². The molecule has 3 aliphatic heterocycles. The highest BCUT2D eigenvalue weighted by Crippen LogP contribution is 2.31. The molecule has 3 heterocycles. The lowest BCUT2D eigenvalue weighted by atomic mass is 9.98. The molecule has 0 unspecified atom stereocenters. The van der Waals surface area contributed by atoms with E-state index < -0.39 is 18.3 Å². The molecule has 0 aromatic carbocycles. The highest BCUT2D eigenvalue weighted by atomic mass is 16.5. The van der Waals surface area contributed by atoms with Gasteiger partial charge in [-0.15, -0.1) is 0 Å². The van der Waals surface area contributed by atoms with Crippen molar-refractivity contribution in [2.45, 2.75) is 216 Å². The fourth-order valence-electron chi connectivity index (χ4n) is 7.28. The Morgan fingerprint density at radius 1 is 0.667 bits per heavy atom. The van der Waals surface area contributed by atoms with Crippen molar-refractivity contribution in [3.63, 3.8) is 0 Å². The van der Waals surface area contributed by atoms with E-state index in [0.717, 1.165) is 82.6 Å². The molecular weight excluding hydrogens is 572 g/mol. The van der Waals surface area contributed by atoms with Crippen LogP contribution in [0.4, 0.5) is 0 Å². The summed E-state index contributed by atoms with van der Waals surface area (Å²) in [5.41, 5.74) is 0.846. The van der Waals surface area contributed by atoms with Gasteiger partial charge in [-0.1, -0.05) is 71.1 Å². The molecule has 2 fully saturated rings. The van der Waals surface area contributed by atoms with Crippen LogP contribution in [0.2, 0.25) is 0 Å². The molecule has 0 bridgehead atoms. The van der Waals surface area contributed by atoms with Gasteiger partial charge in [-0.3, -0.25) is 0 Å². The second kappa shape index (κ2) is 21.8. The summed E-state index contributed by atoms with van der Waals surface area (Å²) in [6.45, 7) is 4.09. The largest absolute Gasteiger partial charge is 0.455 e. The Bertz CT molecular complexity index is 833. The van der Waals surface area contributed by atoms with Gasteiger partial charge in [-0.2, -0.15) is 0 Å². The smallest absolute Gasteiger partial charge is 0.334 e. The molecule has 0 saturated carbocycles. The molecule has 3 rings (SSSR count). The van der Waals surface area contributed by atoms with E-state index in [1.807, 2.05) is 13.0 Å². The Hall–Kier alpha value is -1.03. The molecule has 45 heavy (non-hydrogen) atoms. The first kappa shape index (κ1) is 38.4. The van der Waals surface area contributed by atoms with Gasteiger partial charge in [0.05, 0.1) is 48.8 Å². The van der Waals surface area contributed by atoms with E-state index in [9.17, 15) is 25.2 Å². The minimum absolute atomic E-state index is 0.0675. The molecule has 0 aromatic heterocycles. The highest BCUT2D eigenvalue weighted by molar-refractivity contribution is 5.90. The molecule has 0 spiro atoms. The quantitative estimate of drug-likeness (QED) is 0.0634. The van der Waals surface area contributed by atoms with Crippen molar-refractivity contribution >= 4 is 5.97 Å². The maximum absolute atomic E-state index is 11.7. The van der Waals surface area contributed by atoms with Gasteiger partial charge in [0.2, 0.25) is 0 Å². The van der Waals surface area contributed by atoms with Gasteiger partial charge < -0.3 is 34.6 Å². The van der Waals surface area contributed by atoms with Crippen LogP contribution in [0.15, 0.2) is 11.6 Å². The summed E-state index contributed by atoms with van der Waals surface area (Å²) in [5.74, 6) is -0.138. The van der Waals surface area contributed by atoms with Crippen molar-refractivity contribution in [3.8, 4) is 0 Å². The van der Waals surface area contributed by atoms with Gasteiger partial charge in [0.15, 0.2) is 0 Å². The lowest BCUT2D eigenvalue weighted by Gasteiger charge is -2.24. The van der Waals surface area contributed by atoms with Crippen LogP contribution in [-0.2, 0) is 19.0 Å². The zero-order chi connectivity index (χ0) is 32.4. The molecule has 9 atom stereocenters. The lowest BCUT2D eigenvalue weighted by Crippen LogP contribution is -2.33. The van der Waals surface area contributed by atoms with Gasteiger partial charge in [0, 0.05) is 5.57 Å². The third-order valence-corrected chi connectivity index (χ3v) is 10.2. The van der Waals surface area contributed by atoms with E-state index in [-0.39, 0.29) is 42.6 Å². The van der Waals surface area contributed by atoms with E-state index in [1.165, 1.54) is 44.9 Å². The Labute approximate surface area is 273 Å². The lowest BCUT2D eigenvalue weighted by molar-refractivity contribution is -0.139. The van der Waals surface area contributed by atoms with Crippen molar-refractivity contribution in [2.75, 3.05) is 0 Å². The molecular formula is C37H66O8. The van der Waals surface area contributed by atoms with Gasteiger partial charge in [-0.05, 0) is 96.5 Å². The van der Waals surface area contributed by atoms with Crippen LogP contribution in [0.1, 0.15) is 162 Å². The van der Waals surface area contributed by atoms with Gasteiger partial charge in [0.25, 0.3) is 0 Å². The number of hydrogen-bond acceptors (Lipinski definition) is 8. The van der Waals surface area contributed by atoms with Crippen molar-refractivity contribution in [2.24, 2.45) is 0 Å². The molecule has 0 amide bonds. The maximum atomic E-state index is 11.7. The number of carbonyl (C=O) groups is 1. The molecule has 0 aliphatic carbocycles. The summed E-state index contributed by atoms with van der Waals surface area (Å²) in [7, 11) is 0. The fraction of sp³-hybridized carbons (Fsp3) is 0.919. The number of hydrogen-bond donors (Lipinski definition) is 4. The zero-order valence-electron chi connectivity index (χ0n) is 28.5. The van der Waals surface area contributed by atoms with Crippen molar-refractivity contribution in [1.82, 2.24) is 0 Å². The number of carbonyl (C=O) groups excluding carboxylic acids is 1. The summed E-state index contributed by atoms with van der Waals surface area (Å²) >= 11 is 0. The zero-order valence-corrected chi connectivity index (χ0v) is 28.5. The van der Waals surface area contributed by atoms with Crippen LogP contribution < -0.4 is 0 Å². The number of ether oxygens (including phenoxy) is 3. The third kappa shape index (κ3) is 14.7. The molecule has 262 valence electrons. The summed E-state index contributed by atoms with van der Waals surface area (Å²) in [4.78, 5) is 11.7. The van der Waals surface area contributed by atoms with E-state index in [2.05, 4.69) is 6.92 Å². The molecule has 0 aromatic rings. The number of esters is 1. The van der Waals surface area contributed by atoms with Gasteiger partial charge >= 0.3 is 5.97 Å². The molecule has 0 radical (unpaired) electrons. The van der Waals surface area contributed by atoms with Crippen LogP contribution in [-0.4, -0.2) is 81.3 Å². The maximum Gasteiger partial charge on any atom is 0.334 e. The minimum atomic E-state index is -0.654. The summed E-state index contributed by atoms with van der Waals surface area (Å²) in [6.07, 6.45) is 21.2. The number of cyclic esters (lactones) is 1. The highest BCUT2D eigenvalue weighted by Gasteiger charge is 2.36. The molecule has 8 heteroatoms. The first-order chi connectivity index (χ1) is 21.8. The second-order valence-corrected chi connectivity index (χ2v) is 14.2. The standard InChI is InChI=1S/C37H66O8/c1-3-4-5-12-16-29(38)17-14-19-31(39)35-24-25-36(45-35)33(41)22-21-32(40)34-23-20-30(44-34)18-13-10-8-6-7-9-11-15-28-26-27(2)43-37(28)42/h26-27,29-36,38-41H,3-25H2,1-2H3/t27-,29-,30-,31+,32+,33+,34+,35-,36+/m0/s1.